The zero-order valence-electron chi connectivity index (χ0n) is 8.54. The maximum absolute atomic E-state index is 12.2. The predicted octanol–water partition coefficient (Wildman–Crippen LogP) is 2.27. The topological polar surface area (TPSA) is 48.7 Å². The molecule has 1 rings (SSSR count). The van der Waals surface area contributed by atoms with Crippen molar-refractivity contribution in [2.24, 2.45) is 0 Å². The summed E-state index contributed by atoms with van der Waals surface area (Å²) >= 11 is 0. The van der Waals surface area contributed by atoms with Crippen molar-refractivity contribution in [3.8, 4) is 6.07 Å². The first kappa shape index (κ1) is 12.5. The van der Waals surface area contributed by atoms with Crippen LogP contribution >= 0.6 is 0 Å². The molecule has 3 nitrogen and oxygen atoms in total. The number of nitrogens with one attached hydrogen (secondary N) is 1. The minimum Gasteiger partial charge on any atom is -0.312 e. The highest BCUT2D eigenvalue weighted by molar-refractivity contribution is 5.20. The average molecular weight is 229 g/mol. The summed E-state index contributed by atoms with van der Waals surface area (Å²) in [6, 6.07) is 3.90. The zero-order valence-corrected chi connectivity index (χ0v) is 8.54. The minimum atomic E-state index is -4.43. The molecule has 6 heteroatoms. The second-order valence-electron chi connectivity index (χ2n) is 3.18. The number of aromatic nitrogens is 1. The molecule has 0 saturated heterocycles. The molecule has 1 heterocycles. The van der Waals surface area contributed by atoms with E-state index in [4.69, 9.17) is 5.26 Å². The first-order chi connectivity index (χ1) is 7.49. The van der Waals surface area contributed by atoms with Crippen molar-refractivity contribution in [2.45, 2.75) is 18.6 Å². The third-order valence-corrected chi connectivity index (χ3v) is 2.12. The Bertz CT molecular complexity index is 378. The molecule has 1 aromatic rings. The maximum atomic E-state index is 12.2. The van der Waals surface area contributed by atoms with Crippen LogP contribution in [0.3, 0.4) is 0 Å². The van der Waals surface area contributed by atoms with Gasteiger partial charge < -0.3 is 5.32 Å². The van der Waals surface area contributed by atoms with Crippen molar-refractivity contribution >= 4 is 0 Å². The summed E-state index contributed by atoms with van der Waals surface area (Å²) in [5.41, 5.74) is -0.361. The molecule has 0 aliphatic rings. The van der Waals surface area contributed by atoms with Gasteiger partial charge in [-0.3, -0.25) is 4.98 Å². The van der Waals surface area contributed by atoms with Gasteiger partial charge in [-0.15, -0.1) is 0 Å². The minimum absolute atomic E-state index is 0.184. The lowest BCUT2D eigenvalue weighted by molar-refractivity contribution is -0.141. The van der Waals surface area contributed by atoms with Crippen molar-refractivity contribution < 1.29 is 13.2 Å². The Morgan fingerprint density at radius 1 is 1.50 bits per heavy atom. The molecule has 0 aliphatic carbocycles. The molecule has 1 aromatic heterocycles. The molecule has 16 heavy (non-hydrogen) atoms. The van der Waals surface area contributed by atoms with E-state index in [9.17, 15) is 13.2 Å². The Balaban J connectivity index is 2.90. The van der Waals surface area contributed by atoms with Crippen molar-refractivity contribution in [1.29, 1.82) is 5.26 Å². The van der Waals surface area contributed by atoms with E-state index in [2.05, 4.69) is 10.3 Å². The Morgan fingerprint density at radius 3 is 2.56 bits per heavy atom. The predicted molar refractivity (Wildman–Crippen MR) is 51.3 cm³/mol. The zero-order chi connectivity index (χ0) is 12.2. The Morgan fingerprint density at radius 2 is 2.19 bits per heavy atom. The number of nitrogens with zero attached hydrogens (tertiary/aromatic N) is 2. The number of pyridine rings is 1. The molecule has 0 amide bonds. The molecule has 1 atom stereocenters. The number of halogens is 3. The van der Waals surface area contributed by atoms with Gasteiger partial charge >= 0.3 is 6.18 Å². The third kappa shape index (κ3) is 2.94. The molecular weight excluding hydrogens is 219 g/mol. The van der Waals surface area contributed by atoms with Crippen LogP contribution < -0.4 is 5.32 Å². The molecule has 0 bridgehead atoms. The van der Waals surface area contributed by atoms with Crippen molar-refractivity contribution in [3.63, 3.8) is 0 Å². The van der Waals surface area contributed by atoms with E-state index in [1.54, 1.807) is 7.05 Å². The van der Waals surface area contributed by atoms with Crippen molar-refractivity contribution in [2.75, 3.05) is 7.05 Å². The highest BCUT2D eigenvalue weighted by Gasteiger charge is 2.32. The van der Waals surface area contributed by atoms with E-state index in [-0.39, 0.29) is 12.5 Å². The normalized spacial score (nSPS) is 13.2. The monoisotopic (exact) mass is 229 g/mol. The maximum Gasteiger partial charge on any atom is 0.433 e. The van der Waals surface area contributed by atoms with Gasteiger partial charge in [0.25, 0.3) is 0 Å². The van der Waals surface area contributed by atoms with Crippen LogP contribution in [-0.4, -0.2) is 12.0 Å². The number of nitriles is 1. The van der Waals surface area contributed by atoms with Gasteiger partial charge in [-0.1, -0.05) is 6.07 Å². The van der Waals surface area contributed by atoms with Crippen LogP contribution in [0.2, 0.25) is 0 Å². The highest BCUT2D eigenvalue weighted by Crippen LogP contribution is 2.28. The molecule has 1 N–H and O–H groups in total. The molecular formula is C10H10F3N3. The van der Waals surface area contributed by atoms with Crippen molar-refractivity contribution in [1.82, 2.24) is 10.3 Å². The summed E-state index contributed by atoms with van der Waals surface area (Å²) < 4.78 is 36.7. The Hall–Kier alpha value is -1.61. The fourth-order valence-corrected chi connectivity index (χ4v) is 1.26. The van der Waals surface area contributed by atoms with Gasteiger partial charge in [0.2, 0.25) is 0 Å². The summed E-state index contributed by atoms with van der Waals surface area (Å²) in [5, 5.41) is 11.4. The van der Waals surface area contributed by atoms with Gasteiger partial charge in [0.1, 0.15) is 5.69 Å². The van der Waals surface area contributed by atoms with Gasteiger partial charge in [-0.2, -0.15) is 18.4 Å². The first-order valence-electron chi connectivity index (χ1n) is 4.56. The lowest BCUT2D eigenvalue weighted by atomic mass is 10.1. The fraction of sp³-hybridized carbons (Fsp3) is 0.400. The van der Waals surface area contributed by atoms with E-state index in [1.165, 1.54) is 6.07 Å². The lowest BCUT2D eigenvalue weighted by Gasteiger charge is -2.13. The van der Waals surface area contributed by atoms with Crippen LogP contribution in [0.1, 0.15) is 23.7 Å². The van der Waals surface area contributed by atoms with E-state index in [0.717, 1.165) is 12.3 Å². The van der Waals surface area contributed by atoms with Crippen LogP contribution in [0.25, 0.3) is 0 Å². The van der Waals surface area contributed by atoms with Crippen molar-refractivity contribution in [3.05, 3.63) is 29.6 Å². The first-order valence-corrected chi connectivity index (χ1v) is 4.56. The SMILES string of the molecule is CNC(CC#N)c1ccc(C(F)(F)F)nc1. The average Bonchev–Trinajstić information content (AvgIpc) is 2.25. The van der Waals surface area contributed by atoms with Crippen LogP contribution in [-0.2, 0) is 6.18 Å². The Kier molecular flexibility index (Phi) is 3.85. The summed E-state index contributed by atoms with van der Waals surface area (Å²) in [7, 11) is 1.64. The third-order valence-electron chi connectivity index (χ3n) is 2.12. The number of alkyl halides is 3. The van der Waals surface area contributed by atoms with Crippen LogP contribution in [0, 0.1) is 11.3 Å². The molecule has 0 aliphatic heterocycles. The van der Waals surface area contributed by atoms with Crippen LogP contribution in [0.5, 0.6) is 0 Å². The molecule has 0 radical (unpaired) electrons. The molecule has 0 saturated carbocycles. The quantitative estimate of drug-likeness (QED) is 0.864. The Labute approximate surface area is 90.9 Å². The second-order valence-corrected chi connectivity index (χ2v) is 3.18. The summed E-state index contributed by atoms with van der Waals surface area (Å²) in [5.74, 6) is 0. The van der Waals surface area contributed by atoms with Gasteiger partial charge in [0.15, 0.2) is 0 Å². The smallest absolute Gasteiger partial charge is 0.312 e. The molecule has 0 fully saturated rings. The largest absolute Gasteiger partial charge is 0.433 e. The molecule has 86 valence electrons. The second kappa shape index (κ2) is 4.94. The standard InChI is InChI=1S/C10H10F3N3/c1-15-8(4-5-14)7-2-3-9(16-6-7)10(11,12)13/h2-3,6,8,15H,4H2,1H3. The van der Waals surface area contributed by atoms with Crippen LogP contribution in [0.15, 0.2) is 18.3 Å². The van der Waals surface area contributed by atoms with E-state index in [0.29, 0.717) is 5.56 Å². The lowest BCUT2D eigenvalue weighted by Crippen LogP contribution is -2.16. The molecule has 0 aromatic carbocycles. The van der Waals surface area contributed by atoms with E-state index < -0.39 is 11.9 Å². The van der Waals surface area contributed by atoms with Gasteiger partial charge in [0.05, 0.1) is 12.5 Å². The summed E-state index contributed by atoms with van der Waals surface area (Å²) in [6.45, 7) is 0. The highest BCUT2D eigenvalue weighted by atomic mass is 19.4. The van der Waals surface area contributed by atoms with E-state index in [1.807, 2.05) is 6.07 Å². The van der Waals surface area contributed by atoms with E-state index >= 15 is 0 Å². The van der Waals surface area contributed by atoms with Gasteiger partial charge in [-0.25, -0.2) is 0 Å². The fourth-order valence-electron chi connectivity index (χ4n) is 1.26. The van der Waals surface area contributed by atoms with Gasteiger partial charge in [0, 0.05) is 12.2 Å². The number of rotatable bonds is 3. The molecule has 1 unspecified atom stereocenters. The summed E-state index contributed by atoms with van der Waals surface area (Å²) in [6.07, 6.45) is -3.10. The summed E-state index contributed by atoms with van der Waals surface area (Å²) in [4.78, 5) is 3.33. The number of hydrogen-bond donors (Lipinski definition) is 1. The molecule has 0 spiro atoms. The van der Waals surface area contributed by atoms with Gasteiger partial charge in [-0.05, 0) is 18.7 Å². The number of hydrogen-bond acceptors (Lipinski definition) is 3. The van der Waals surface area contributed by atoms with Crippen LogP contribution in [0.4, 0.5) is 13.2 Å².